The average molecular weight is 338 g/mol. The van der Waals surface area contributed by atoms with Crippen LogP contribution in [0.5, 0.6) is 5.75 Å². The number of para-hydroxylation sites is 1. The van der Waals surface area contributed by atoms with E-state index >= 15 is 0 Å². The van der Waals surface area contributed by atoms with E-state index in [1.165, 1.54) is 11.3 Å². The number of carbonyl (C=O) groups is 3. The van der Waals surface area contributed by atoms with Crippen LogP contribution in [0.3, 0.4) is 0 Å². The van der Waals surface area contributed by atoms with Gasteiger partial charge in [0.15, 0.2) is 0 Å². The average Bonchev–Trinajstić information content (AvgIpc) is 3.08. The molecule has 1 fully saturated rings. The molecule has 0 spiro atoms. The van der Waals surface area contributed by atoms with Crippen LogP contribution in [0.4, 0.5) is 4.79 Å². The quantitative estimate of drug-likeness (QED) is 0.617. The second-order valence-electron chi connectivity index (χ2n) is 5.11. The second kappa shape index (κ2) is 5.47. The van der Waals surface area contributed by atoms with Gasteiger partial charge in [-0.25, -0.2) is 4.79 Å². The van der Waals surface area contributed by atoms with Gasteiger partial charge in [-0.2, -0.15) is 0 Å². The number of hydrogen-bond donors (Lipinski definition) is 2. The molecular formula is C17H10N2O4S. The third-order valence-electron chi connectivity index (χ3n) is 3.61. The summed E-state index contributed by atoms with van der Waals surface area (Å²) in [5.74, 6) is -0.360. The Labute approximate surface area is 140 Å². The van der Waals surface area contributed by atoms with Gasteiger partial charge in [-0.3, -0.25) is 20.2 Å². The number of urea groups is 1. The van der Waals surface area contributed by atoms with Crippen LogP contribution < -0.4 is 15.4 Å². The highest BCUT2D eigenvalue weighted by atomic mass is 32.1. The van der Waals surface area contributed by atoms with E-state index in [0.29, 0.717) is 22.6 Å². The molecule has 0 atom stereocenters. The first-order chi connectivity index (χ1) is 11.6. The number of ether oxygens (including phenoxy) is 1. The van der Waals surface area contributed by atoms with Crippen LogP contribution in [0, 0.1) is 0 Å². The molecule has 0 radical (unpaired) electrons. The van der Waals surface area contributed by atoms with Gasteiger partial charge < -0.3 is 4.74 Å². The van der Waals surface area contributed by atoms with Crippen LogP contribution in [0.2, 0.25) is 0 Å². The number of allylic oxidation sites excluding steroid dienone is 2. The Morgan fingerprint density at radius 2 is 1.67 bits per heavy atom. The van der Waals surface area contributed by atoms with Gasteiger partial charge in [-0.05, 0) is 23.6 Å². The Hall–Kier alpha value is -3.19. The maximum Gasteiger partial charge on any atom is 0.328 e. The lowest BCUT2D eigenvalue weighted by atomic mass is 9.94. The van der Waals surface area contributed by atoms with Crippen LogP contribution in [-0.4, -0.2) is 17.8 Å². The zero-order valence-electron chi connectivity index (χ0n) is 12.2. The van der Waals surface area contributed by atoms with Crippen LogP contribution in [0.15, 0.2) is 53.4 Å². The summed E-state index contributed by atoms with van der Waals surface area (Å²) in [6.07, 6.45) is 1.65. The third kappa shape index (κ3) is 2.31. The molecule has 0 bridgehead atoms. The molecule has 1 aromatic carbocycles. The largest absolute Gasteiger partial charge is 0.455 e. The molecule has 118 valence electrons. The normalized spacial score (nSPS) is 16.8. The summed E-state index contributed by atoms with van der Waals surface area (Å²) in [6.45, 7) is 0. The van der Waals surface area contributed by atoms with E-state index in [-0.39, 0.29) is 5.57 Å². The maximum absolute atomic E-state index is 12.2. The minimum atomic E-state index is -0.822. The van der Waals surface area contributed by atoms with Crippen molar-refractivity contribution in [2.75, 3.05) is 0 Å². The molecule has 0 aliphatic carbocycles. The van der Waals surface area contributed by atoms with E-state index in [0.717, 1.165) is 4.88 Å². The monoisotopic (exact) mass is 338 g/mol. The summed E-state index contributed by atoms with van der Waals surface area (Å²) < 4.78 is 5.90. The van der Waals surface area contributed by atoms with Crippen LogP contribution >= 0.6 is 11.3 Å². The van der Waals surface area contributed by atoms with E-state index in [9.17, 15) is 14.4 Å². The predicted octanol–water partition coefficient (Wildman–Crippen LogP) is 2.30. The van der Waals surface area contributed by atoms with E-state index in [1.807, 2.05) is 23.6 Å². The van der Waals surface area contributed by atoms with Crippen molar-refractivity contribution < 1.29 is 19.1 Å². The number of benzene rings is 1. The summed E-state index contributed by atoms with van der Waals surface area (Å²) in [7, 11) is 0. The summed E-state index contributed by atoms with van der Waals surface area (Å²) in [4.78, 5) is 36.6. The zero-order chi connectivity index (χ0) is 16.7. The molecule has 3 heterocycles. The van der Waals surface area contributed by atoms with Crippen molar-refractivity contribution in [2.24, 2.45) is 0 Å². The summed E-state index contributed by atoms with van der Waals surface area (Å²) in [5.41, 5.74) is 0.926. The minimum absolute atomic E-state index is 0.112. The lowest BCUT2D eigenvalue weighted by molar-refractivity contribution is -0.123. The maximum atomic E-state index is 12.2. The highest BCUT2D eigenvalue weighted by Crippen LogP contribution is 2.39. The van der Waals surface area contributed by atoms with E-state index in [1.54, 1.807) is 24.3 Å². The Balaban J connectivity index is 1.95. The number of hydrogen-bond acceptors (Lipinski definition) is 5. The van der Waals surface area contributed by atoms with Crippen LogP contribution in [-0.2, 0) is 9.59 Å². The highest BCUT2D eigenvalue weighted by Gasteiger charge is 2.33. The fourth-order valence-electron chi connectivity index (χ4n) is 2.59. The van der Waals surface area contributed by atoms with Gasteiger partial charge in [-0.1, -0.05) is 24.3 Å². The van der Waals surface area contributed by atoms with Gasteiger partial charge in [0, 0.05) is 11.1 Å². The lowest BCUT2D eigenvalue weighted by Crippen LogP contribution is -2.51. The highest BCUT2D eigenvalue weighted by molar-refractivity contribution is 7.11. The Morgan fingerprint density at radius 1 is 0.917 bits per heavy atom. The molecule has 24 heavy (non-hydrogen) atoms. The smallest absolute Gasteiger partial charge is 0.328 e. The van der Waals surface area contributed by atoms with Crippen molar-refractivity contribution in [2.45, 2.75) is 0 Å². The molecule has 6 nitrogen and oxygen atoms in total. The standard InChI is InChI=1S/C17H10N2O4S/c20-15-14(16(21)19-17(22)18-15)10-8-12(13-6-3-7-24-13)23-11-5-2-1-4-9(10)11/h1-8H,(H2,18,19,20,21,22). The third-order valence-corrected chi connectivity index (χ3v) is 4.50. The SMILES string of the molecule is O=C1NC(=O)C(=C2C=C(c3cccs3)Oc3ccccc32)C(=O)N1. The molecule has 7 heteroatoms. The van der Waals surface area contributed by atoms with Crippen molar-refractivity contribution in [3.05, 3.63) is 63.9 Å². The number of barbiturate groups is 1. The van der Waals surface area contributed by atoms with Crippen molar-refractivity contribution >= 4 is 40.5 Å². The molecule has 1 aromatic heterocycles. The predicted molar refractivity (Wildman–Crippen MR) is 88.0 cm³/mol. The van der Waals surface area contributed by atoms with Gasteiger partial charge in [0.1, 0.15) is 17.1 Å². The molecule has 2 N–H and O–H groups in total. The molecule has 1 saturated heterocycles. The first-order valence-corrected chi connectivity index (χ1v) is 7.95. The van der Waals surface area contributed by atoms with Crippen LogP contribution in [0.25, 0.3) is 11.3 Å². The number of fused-ring (bicyclic) bond motifs is 1. The summed E-state index contributed by atoms with van der Waals surface area (Å²) >= 11 is 1.48. The molecule has 0 unspecified atom stereocenters. The van der Waals surface area contributed by atoms with Gasteiger partial charge in [0.05, 0.1) is 4.88 Å². The van der Waals surface area contributed by atoms with Gasteiger partial charge >= 0.3 is 6.03 Å². The zero-order valence-corrected chi connectivity index (χ0v) is 13.0. The molecular weight excluding hydrogens is 328 g/mol. The van der Waals surface area contributed by atoms with E-state index in [2.05, 4.69) is 10.6 Å². The van der Waals surface area contributed by atoms with Gasteiger partial charge in [-0.15, -0.1) is 11.3 Å². The number of amides is 4. The molecule has 2 aliphatic heterocycles. The van der Waals surface area contributed by atoms with Crippen molar-refractivity contribution in [1.29, 1.82) is 0 Å². The van der Waals surface area contributed by atoms with Crippen molar-refractivity contribution in [3.63, 3.8) is 0 Å². The number of imide groups is 2. The topological polar surface area (TPSA) is 84.5 Å². The Kier molecular flexibility index (Phi) is 3.28. The molecule has 2 aromatic rings. The fraction of sp³-hybridized carbons (Fsp3) is 0. The van der Waals surface area contributed by atoms with E-state index < -0.39 is 17.8 Å². The van der Waals surface area contributed by atoms with Gasteiger partial charge in [0.25, 0.3) is 11.8 Å². The fourth-order valence-corrected chi connectivity index (χ4v) is 3.27. The Bertz CT molecular complexity index is 919. The number of rotatable bonds is 1. The Morgan fingerprint density at radius 3 is 2.38 bits per heavy atom. The van der Waals surface area contributed by atoms with Gasteiger partial charge in [0.2, 0.25) is 0 Å². The molecule has 0 saturated carbocycles. The molecule has 4 amide bonds. The first kappa shape index (κ1) is 14.4. The summed E-state index contributed by atoms with van der Waals surface area (Å²) in [5, 5.41) is 6.11. The van der Waals surface area contributed by atoms with Crippen molar-refractivity contribution in [3.8, 4) is 5.75 Å². The number of nitrogens with one attached hydrogen (secondary N) is 2. The number of thiophene rings is 1. The molecule has 2 aliphatic rings. The van der Waals surface area contributed by atoms with Crippen molar-refractivity contribution in [1.82, 2.24) is 10.6 Å². The van der Waals surface area contributed by atoms with Crippen LogP contribution in [0.1, 0.15) is 10.4 Å². The van der Waals surface area contributed by atoms with E-state index in [4.69, 9.17) is 4.74 Å². The molecule has 4 rings (SSSR count). The second-order valence-corrected chi connectivity index (χ2v) is 6.06. The number of carbonyl (C=O) groups excluding carboxylic acids is 3. The minimum Gasteiger partial charge on any atom is -0.455 e. The summed E-state index contributed by atoms with van der Waals surface area (Å²) in [6, 6.07) is 10.1. The lowest BCUT2D eigenvalue weighted by Gasteiger charge is -2.23. The first-order valence-electron chi connectivity index (χ1n) is 7.07.